The van der Waals surface area contributed by atoms with Gasteiger partial charge in [-0.3, -0.25) is 9.59 Å². The van der Waals surface area contributed by atoms with Gasteiger partial charge in [-0.1, -0.05) is 13.2 Å². The number of hydrogen-bond acceptors (Lipinski definition) is 2. The van der Waals surface area contributed by atoms with Crippen molar-refractivity contribution in [1.82, 2.24) is 9.80 Å². The maximum absolute atomic E-state index is 10.4. The van der Waals surface area contributed by atoms with Gasteiger partial charge in [-0.05, 0) is 12.2 Å². The monoisotopic (exact) mass is 194 g/mol. The number of nitrogens with zero attached hydrogens (tertiary/aromatic N) is 2. The summed E-state index contributed by atoms with van der Waals surface area (Å²) in [7, 11) is 0. The molecule has 2 heterocycles. The van der Waals surface area contributed by atoms with E-state index in [1.54, 1.807) is 9.80 Å². The minimum atomic E-state index is 0.0556. The Labute approximate surface area is 83.5 Å². The molecule has 0 aromatic carbocycles. The molecule has 0 spiro atoms. The Hall–Kier alpha value is -1.58. The van der Waals surface area contributed by atoms with Crippen molar-refractivity contribution in [2.45, 2.75) is 0 Å². The summed E-state index contributed by atoms with van der Waals surface area (Å²) in [6.07, 6.45) is 2.68. The number of amides is 2. The van der Waals surface area contributed by atoms with Crippen molar-refractivity contribution in [2.24, 2.45) is 0 Å². The molecule has 2 rings (SSSR count). The highest BCUT2D eigenvalue weighted by Crippen LogP contribution is 2.02. The lowest BCUT2D eigenvalue weighted by Gasteiger charge is -1.87. The fraction of sp³-hybridized carbons (Fsp3) is 0.400. The van der Waals surface area contributed by atoms with Crippen LogP contribution in [0.3, 0.4) is 0 Å². The first kappa shape index (κ1) is 10.5. The SMILES string of the molecule is C=CC(=O)N1CC1.C=CC(=O)N1CC1. The molecule has 76 valence electrons. The van der Waals surface area contributed by atoms with Crippen LogP contribution in [0.2, 0.25) is 0 Å². The second kappa shape index (κ2) is 4.60. The molecule has 2 saturated heterocycles. The van der Waals surface area contributed by atoms with Gasteiger partial charge in [0.05, 0.1) is 0 Å². The Kier molecular flexibility index (Phi) is 3.45. The van der Waals surface area contributed by atoms with Gasteiger partial charge < -0.3 is 9.80 Å². The smallest absolute Gasteiger partial charge is 0.246 e. The van der Waals surface area contributed by atoms with Gasteiger partial charge in [-0.25, -0.2) is 0 Å². The molecular weight excluding hydrogens is 180 g/mol. The van der Waals surface area contributed by atoms with Gasteiger partial charge in [-0.2, -0.15) is 0 Å². The van der Waals surface area contributed by atoms with Crippen LogP contribution in [-0.2, 0) is 9.59 Å². The molecule has 0 aliphatic carbocycles. The summed E-state index contributed by atoms with van der Waals surface area (Å²) in [5.41, 5.74) is 0. The van der Waals surface area contributed by atoms with Crippen molar-refractivity contribution in [3.8, 4) is 0 Å². The second-order valence-corrected chi connectivity index (χ2v) is 3.06. The zero-order valence-electron chi connectivity index (χ0n) is 8.11. The van der Waals surface area contributed by atoms with Gasteiger partial charge in [-0.15, -0.1) is 0 Å². The van der Waals surface area contributed by atoms with E-state index >= 15 is 0 Å². The molecule has 2 aliphatic heterocycles. The predicted molar refractivity (Wildman–Crippen MR) is 53.6 cm³/mol. The highest BCUT2D eigenvalue weighted by atomic mass is 16.2. The third-order valence-corrected chi connectivity index (χ3v) is 1.87. The van der Waals surface area contributed by atoms with Gasteiger partial charge in [0.25, 0.3) is 0 Å². The van der Waals surface area contributed by atoms with Crippen LogP contribution in [0.25, 0.3) is 0 Å². The number of carbonyl (C=O) groups excluding carboxylic acids is 2. The van der Waals surface area contributed by atoms with Gasteiger partial charge in [0.1, 0.15) is 0 Å². The van der Waals surface area contributed by atoms with Crippen molar-refractivity contribution in [3.63, 3.8) is 0 Å². The number of rotatable bonds is 2. The third kappa shape index (κ3) is 3.43. The molecule has 4 nitrogen and oxygen atoms in total. The minimum absolute atomic E-state index is 0.0556. The van der Waals surface area contributed by atoms with Gasteiger partial charge in [0.2, 0.25) is 11.8 Å². The lowest BCUT2D eigenvalue weighted by atomic mass is 10.6. The number of hydrogen-bond donors (Lipinski definition) is 0. The lowest BCUT2D eigenvalue weighted by Crippen LogP contribution is -2.04. The van der Waals surface area contributed by atoms with Crippen molar-refractivity contribution in [1.29, 1.82) is 0 Å². The topological polar surface area (TPSA) is 40.2 Å². The van der Waals surface area contributed by atoms with Crippen LogP contribution < -0.4 is 0 Å². The summed E-state index contributed by atoms with van der Waals surface area (Å²) >= 11 is 0. The summed E-state index contributed by atoms with van der Waals surface area (Å²) in [6, 6.07) is 0. The van der Waals surface area contributed by atoms with E-state index in [0.29, 0.717) is 0 Å². The van der Waals surface area contributed by atoms with E-state index in [0.717, 1.165) is 26.2 Å². The summed E-state index contributed by atoms with van der Waals surface area (Å²) in [5, 5.41) is 0. The molecule has 4 heteroatoms. The van der Waals surface area contributed by atoms with E-state index in [1.165, 1.54) is 12.2 Å². The Bertz CT molecular complexity index is 237. The van der Waals surface area contributed by atoms with Crippen molar-refractivity contribution < 1.29 is 9.59 Å². The molecule has 2 fully saturated rings. The van der Waals surface area contributed by atoms with E-state index in [1.807, 2.05) is 0 Å². The molecule has 0 atom stereocenters. The van der Waals surface area contributed by atoms with E-state index in [2.05, 4.69) is 13.2 Å². The summed E-state index contributed by atoms with van der Waals surface area (Å²) in [6.45, 7) is 10.3. The average molecular weight is 194 g/mol. The normalized spacial score (nSPS) is 16.3. The zero-order valence-corrected chi connectivity index (χ0v) is 8.11. The Morgan fingerprint density at radius 2 is 1.14 bits per heavy atom. The van der Waals surface area contributed by atoms with Crippen LogP contribution in [0.15, 0.2) is 25.3 Å². The van der Waals surface area contributed by atoms with Gasteiger partial charge >= 0.3 is 0 Å². The van der Waals surface area contributed by atoms with E-state index < -0.39 is 0 Å². The number of carbonyl (C=O) groups is 2. The Balaban J connectivity index is 0.000000140. The molecule has 0 unspecified atom stereocenters. The molecule has 0 aromatic heterocycles. The van der Waals surface area contributed by atoms with Crippen LogP contribution in [0.1, 0.15) is 0 Å². The molecule has 0 N–H and O–H groups in total. The van der Waals surface area contributed by atoms with Gasteiger partial charge in [0, 0.05) is 26.2 Å². The Morgan fingerprint density at radius 3 is 1.21 bits per heavy atom. The van der Waals surface area contributed by atoms with Crippen LogP contribution in [0.5, 0.6) is 0 Å². The molecule has 2 amide bonds. The molecular formula is C10H14N2O2. The minimum Gasteiger partial charge on any atom is -0.336 e. The predicted octanol–water partition coefficient (Wildman–Crippen LogP) is 0.0292. The molecule has 0 bridgehead atoms. The molecule has 0 radical (unpaired) electrons. The van der Waals surface area contributed by atoms with Crippen LogP contribution in [-0.4, -0.2) is 47.8 Å². The lowest BCUT2D eigenvalue weighted by molar-refractivity contribution is -0.121. The molecule has 2 aliphatic rings. The van der Waals surface area contributed by atoms with Crippen molar-refractivity contribution in [2.75, 3.05) is 26.2 Å². The average Bonchev–Trinajstić information content (AvgIpc) is 3.07. The highest BCUT2D eigenvalue weighted by molar-refractivity contribution is 5.88. The fourth-order valence-corrected chi connectivity index (χ4v) is 0.799. The van der Waals surface area contributed by atoms with Crippen molar-refractivity contribution >= 4 is 11.8 Å². The van der Waals surface area contributed by atoms with Crippen LogP contribution in [0, 0.1) is 0 Å². The first-order valence-electron chi connectivity index (χ1n) is 4.51. The van der Waals surface area contributed by atoms with E-state index in [9.17, 15) is 9.59 Å². The third-order valence-electron chi connectivity index (χ3n) is 1.87. The summed E-state index contributed by atoms with van der Waals surface area (Å²) < 4.78 is 0. The van der Waals surface area contributed by atoms with Gasteiger partial charge in [0.15, 0.2) is 0 Å². The van der Waals surface area contributed by atoms with E-state index in [-0.39, 0.29) is 11.8 Å². The molecule has 0 aromatic rings. The first-order chi connectivity index (χ1) is 6.69. The summed E-state index contributed by atoms with van der Waals surface area (Å²) in [4.78, 5) is 24.2. The standard InChI is InChI=1S/2C5H7NO/c2*1-2-5(7)6-3-4-6/h2*2H,1,3-4H2. The van der Waals surface area contributed by atoms with Crippen molar-refractivity contribution in [3.05, 3.63) is 25.3 Å². The maximum atomic E-state index is 10.4. The first-order valence-corrected chi connectivity index (χ1v) is 4.51. The second-order valence-electron chi connectivity index (χ2n) is 3.06. The fourth-order valence-electron chi connectivity index (χ4n) is 0.799. The summed E-state index contributed by atoms with van der Waals surface area (Å²) in [5.74, 6) is 0.111. The zero-order chi connectivity index (χ0) is 10.6. The van der Waals surface area contributed by atoms with E-state index in [4.69, 9.17) is 0 Å². The Morgan fingerprint density at radius 1 is 0.857 bits per heavy atom. The molecule has 0 saturated carbocycles. The van der Waals surface area contributed by atoms with Crippen LogP contribution >= 0.6 is 0 Å². The molecule has 14 heavy (non-hydrogen) atoms. The quantitative estimate of drug-likeness (QED) is 0.459. The largest absolute Gasteiger partial charge is 0.336 e. The van der Waals surface area contributed by atoms with Crippen LogP contribution in [0.4, 0.5) is 0 Å². The highest BCUT2D eigenvalue weighted by Gasteiger charge is 2.20. The maximum Gasteiger partial charge on any atom is 0.246 e.